The van der Waals surface area contributed by atoms with Crippen molar-refractivity contribution in [1.29, 1.82) is 0 Å². The van der Waals surface area contributed by atoms with Crippen LogP contribution in [0.5, 0.6) is 0 Å². The molecule has 1 amide bonds. The zero-order valence-electron chi connectivity index (χ0n) is 10.9. The fourth-order valence-corrected chi connectivity index (χ4v) is 2.74. The largest absolute Gasteiger partial charge is 0.392 e. The van der Waals surface area contributed by atoms with Crippen LogP contribution in [0, 0.1) is 12.7 Å². The minimum atomic E-state index is -0.335. The molecule has 5 heteroatoms. The number of halogens is 1. The van der Waals surface area contributed by atoms with Gasteiger partial charge >= 0.3 is 0 Å². The van der Waals surface area contributed by atoms with Gasteiger partial charge in [-0.15, -0.1) is 0 Å². The van der Waals surface area contributed by atoms with Gasteiger partial charge in [-0.1, -0.05) is 12.2 Å². The van der Waals surface area contributed by atoms with Gasteiger partial charge in [0.25, 0.3) is 5.91 Å². The number of rotatable bonds is 2. The molecule has 1 aromatic rings. The first kappa shape index (κ1) is 13.9. The molecule has 0 spiro atoms. The molecule has 102 valence electrons. The Balaban J connectivity index is 2.28. The molecule has 19 heavy (non-hydrogen) atoms. The van der Waals surface area contributed by atoms with Crippen molar-refractivity contribution in [2.45, 2.75) is 32.2 Å². The van der Waals surface area contributed by atoms with E-state index in [1.165, 1.54) is 18.2 Å². The number of aryl methyl sites for hydroxylation is 1. The normalized spacial score (nSPS) is 19.3. The van der Waals surface area contributed by atoms with E-state index in [-0.39, 0.29) is 17.8 Å². The highest BCUT2D eigenvalue weighted by Gasteiger charge is 2.29. The van der Waals surface area contributed by atoms with Gasteiger partial charge in [0.1, 0.15) is 5.82 Å². The van der Waals surface area contributed by atoms with Gasteiger partial charge in [-0.05, 0) is 49.9 Å². The third-order valence-corrected chi connectivity index (χ3v) is 3.78. The molecular weight excluding hydrogens is 263 g/mol. The number of piperidine rings is 1. The third kappa shape index (κ3) is 2.92. The summed E-state index contributed by atoms with van der Waals surface area (Å²) in [6, 6.07) is 4.02. The van der Waals surface area contributed by atoms with E-state index in [0.29, 0.717) is 22.7 Å². The molecule has 1 atom stereocenters. The van der Waals surface area contributed by atoms with Crippen LogP contribution in [0.3, 0.4) is 0 Å². The molecule has 1 aliphatic heterocycles. The monoisotopic (exact) mass is 280 g/mol. The predicted octanol–water partition coefficient (Wildman–Crippen LogP) is 2.41. The van der Waals surface area contributed by atoms with Crippen LogP contribution in [0.25, 0.3) is 0 Å². The van der Waals surface area contributed by atoms with Crippen molar-refractivity contribution in [3.05, 3.63) is 35.1 Å². The van der Waals surface area contributed by atoms with Crippen LogP contribution in [0.1, 0.15) is 35.2 Å². The van der Waals surface area contributed by atoms with E-state index in [0.717, 1.165) is 19.3 Å². The molecule has 2 rings (SSSR count). The molecule has 3 nitrogen and oxygen atoms in total. The lowest BCUT2D eigenvalue weighted by molar-refractivity contribution is 0.0680. The number of carbonyl (C=O) groups is 1. The zero-order chi connectivity index (χ0) is 14.0. The van der Waals surface area contributed by atoms with Crippen LogP contribution in [0.4, 0.5) is 4.39 Å². The van der Waals surface area contributed by atoms with Gasteiger partial charge in [0.2, 0.25) is 0 Å². The fourth-order valence-electron chi connectivity index (χ4n) is 2.49. The van der Waals surface area contributed by atoms with Crippen molar-refractivity contribution in [2.75, 3.05) is 6.54 Å². The summed E-state index contributed by atoms with van der Waals surface area (Å²) in [5.41, 5.74) is 6.87. The smallest absolute Gasteiger partial charge is 0.254 e. The third-order valence-electron chi connectivity index (χ3n) is 3.51. The van der Waals surface area contributed by atoms with Gasteiger partial charge in [0, 0.05) is 12.1 Å². The molecule has 1 heterocycles. The number of benzene rings is 1. The summed E-state index contributed by atoms with van der Waals surface area (Å²) in [4.78, 5) is 14.6. The van der Waals surface area contributed by atoms with Crippen LogP contribution in [-0.2, 0) is 0 Å². The van der Waals surface area contributed by atoms with Crippen LogP contribution in [0.2, 0.25) is 0 Å². The Labute approximate surface area is 117 Å². The van der Waals surface area contributed by atoms with E-state index in [1.807, 2.05) is 0 Å². The van der Waals surface area contributed by atoms with E-state index < -0.39 is 0 Å². The lowest BCUT2D eigenvalue weighted by Gasteiger charge is -2.35. The molecule has 0 radical (unpaired) electrons. The molecule has 1 aliphatic rings. The maximum atomic E-state index is 13.1. The summed E-state index contributed by atoms with van der Waals surface area (Å²) in [5.74, 6) is -0.450. The number of hydrogen-bond donors (Lipinski definition) is 1. The van der Waals surface area contributed by atoms with Crippen LogP contribution < -0.4 is 5.73 Å². The number of thiocarbonyl (C=S) groups is 1. The van der Waals surface area contributed by atoms with Crippen molar-refractivity contribution in [3.63, 3.8) is 0 Å². The summed E-state index contributed by atoms with van der Waals surface area (Å²) in [7, 11) is 0. The lowest BCUT2D eigenvalue weighted by Crippen LogP contribution is -2.49. The number of nitrogens with two attached hydrogens (primary N) is 1. The Kier molecular flexibility index (Phi) is 4.14. The summed E-state index contributed by atoms with van der Waals surface area (Å²) in [5, 5.41) is 0. The van der Waals surface area contributed by atoms with Crippen molar-refractivity contribution in [1.82, 2.24) is 4.90 Å². The maximum Gasteiger partial charge on any atom is 0.254 e. The standard InChI is InChI=1S/C14H17FN2OS/c1-9-8-10(15)5-6-11(9)14(18)17-7-3-2-4-12(17)13(16)19/h5-6,8,12H,2-4,7H2,1H3,(H2,16,19). The first-order valence-electron chi connectivity index (χ1n) is 6.37. The SMILES string of the molecule is Cc1cc(F)ccc1C(=O)N1CCCCC1C(N)=S. The van der Waals surface area contributed by atoms with Gasteiger partial charge in [0.15, 0.2) is 0 Å². The molecule has 0 saturated carbocycles. The second kappa shape index (κ2) is 5.65. The highest BCUT2D eigenvalue weighted by atomic mass is 32.1. The van der Waals surface area contributed by atoms with Gasteiger partial charge in [-0.25, -0.2) is 4.39 Å². The minimum absolute atomic E-state index is 0.116. The molecular formula is C14H17FN2OS. The fraction of sp³-hybridized carbons (Fsp3) is 0.429. The first-order chi connectivity index (χ1) is 9.00. The Morgan fingerprint density at radius 1 is 1.47 bits per heavy atom. The minimum Gasteiger partial charge on any atom is -0.392 e. The molecule has 1 fully saturated rings. The Bertz CT molecular complexity index is 518. The second-order valence-corrected chi connectivity index (χ2v) is 5.34. The average molecular weight is 280 g/mol. The molecule has 0 bridgehead atoms. The van der Waals surface area contributed by atoms with Crippen molar-refractivity contribution in [2.24, 2.45) is 5.73 Å². The van der Waals surface area contributed by atoms with Crippen molar-refractivity contribution < 1.29 is 9.18 Å². The number of carbonyl (C=O) groups excluding carboxylic acids is 1. The molecule has 2 N–H and O–H groups in total. The van der Waals surface area contributed by atoms with Crippen LogP contribution >= 0.6 is 12.2 Å². The quantitative estimate of drug-likeness (QED) is 0.846. The summed E-state index contributed by atoms with van der Waals surface area (Å²) < 4.78 is 13.1. The molecule has 1 unspecified atom stereocenters. The highest BCUT2D eigenvalue weighted by Crippen LogP contribution is 2.21. The molecule has 0 aromatic heterocycles. The second-order valence-electron chi connectivity index (χ2n) is 4.87. The van der Waals surface area contributed by atoms with Gasteiger partial charge < -0.3 is 10.6 Å². The molecule has 1 saturated heterocycles. The number of nitrogens with zero attached hydrogens (tertiary/aromatic N) is 1. The van der Waals surface area contributed by atoms with Gasteiger partial charge in [-0.2, -0.15) is 0 Å². The van der Waals surface area contributed by atoms with Crippen molar-refractivity contribution in [3.8, 4) is 0 Å². The summed E-state index contributed by atoms with van der Waals surface area (Å²) in [6.07, 6.45) is 2.78. The van der Waals surface area contributed by atoms with Gasteiger partial charge in [-0.3, -0.25) is 4.79 Å². The highest BCUT2D eigenvalue weighted by molar-refractivity contribution is 7.80. The number of amides is 1. The maximum absolute atomic E-state index is 13.1. The zero-order valence-corrected chi connectivity index (χ0v) is 11.7. The molecule has 1 aromatic carbocycles. The number of likely N-dealkylation sites (tertiary alicyclic amines) is 1. The average Bonchev–Trinajstić information content (AvgIpc) is 2.38. The lowest BCUT2D eigenvalue weighted by atomic mass is 9.99. The van der Waals surface area contributed by atoms with E-state index in [9.17, 15) is 9.18 Å². The van der Waals surface area contributed by atoms with Crippen LogP contribution in [-0.4, -0.2) is 28.4 Å². The van der Waals surface area contributed by atoms with E-state index in [1.54, 1.807) is 11.8 Å². The van der Waals surface area contributed by atoms with E-state index in [4.69, 9.17) is 18.0 Å². The summed E-state index contributed by atoms with van der Waals surface area (Å²) >= 11 is 5.04. The van der Waals surface area contributed by atoms with Gasteiger partial charge in [0.05, 0.1) is 11.0 Å². The molecule has 0 aliphatic carbocycles. The number of hydrogen-bond acceptors (Lipinski definition) is 2. The Hall–Kier alpha value is -1.49. The Morgan fingerprint density at radius 2 is 2.21 bits per heavy atom. The summed E-state index contributed by atoms with van der Waals surface area (Å²) in [6.45, 7) is 2.38. The van der Waals surface area contributed by atoms with E-state index in [2.05, 4.69) is 0 Å². The Morgan fingerprint density at radius 3 is 2.84 bits per heavy atom. The topological polar surface area (TPSA) is 46.3 Å². The first-order valence-corrected chi connectivity index (χ1v) is 6.78. The van der Waals surface area contributed by atoms with E-state index >= 15 is 0 Å². The van der Waals surface area contributed by atoms with Crippen molar-refractivity contribution >= 4 is 23.1 Å². The van der Waals surface area contributed by atoms with Crippen LogP contribution in [0.15, 0.2) is 18.2 Å². The predicted molar refractivity (Wildman–Crippen MR) is 76.6 cm³/mol.